The van der Waals surface area contributed by atoms with E-state index in [9.17, 15) is 9.59 Å². The van der Waals surface area contributed by atoms with Gasteiger partial charge in [0, 0.05) is 20.2 Å². The Bertz CT molecular complexity index is 898. The number of nitrogens with zero attached hydrogens (tertiary/aromatic N) is 4. The number of amides is 1. The van der Waals surface area contributed by atoms with Crippen molar-refractivity contribution in [2.24, 2.45) is 7.05 Å². The number of hydrogen-bond acceptors (Lipinski definition) is 5. The molecule has 0 aliphatic heterocycles. The van der Waals surface area contributed by atoms with Crippen LogP contribution in [-0.2, 0) is 7.05 Å². The van der Waals surface area contributed by atoms with Gasteiger partial charge in [0.05, 0.1) is 16.3 Å². The van der Waals surface area contributed by atoms with Crippen molar-refractivity contribution < 1.29 is 4.79 Å². The van der Waals surface area contributed by atoms with Crippen LogP contribution in [0.3, 0.4) is 0 Å². The summed E-state index contributed by atoms with van der Waals surface area (Å²) in [5.41, 5.74) is 0.923. The van der Waals surface area contributed by atoms with Crippen molar-refractivity contribution >= 4 is 27.5 Å². The van der Waals surface area contributed by atoms with Crippen LogP contribution in [0.1, 0.15) is 28.5 Å². The first-order valence-corrected chi connectivity index (χ1v) is 7.96. The molecule has 0 saturated heterocycles. The summed E-state index contributed by atoms with van der Waals surface area (Å²) in [5, 5.41) is 4.88. The molecule has 0 saturated carbocycles. The second-order valence-electron chi connectivity index (χ2n) is 5.29. The number of benzene rings is 1. The van der Waals surface area contributed by atoms with Crippen LogP contribution in [-0.4, -0.2) is 32.6 Å². The summed E-state index contributed by atoms with van der Waals surface area (Å²) in [7, 11) is 3.24. The third-order valence-corrected chi connectivity index (χ3v) is 4.96. The molecule has 3 rings (SSSR count). The maximum absolute atomic E-state index is 12.6. The summed E-state index contributed by atoms with van der Waals surface area (Å²) < 4.78 is 2.25. The molecule has 3 aromatic rings. The lowest BCUT2D eigenvalue weighted by Gasteiger charge is -2.22. The molecule has 1 atom stereocenters. The van der Waals surface area contributed by atoms with Gasteiger partial charge in [-0.1, -0.05) is 12.1 Å². The molecule has 23 heavy (non-hydrogen) atoms. The van der Waals surface area contributed by atoms with Gasteiger partial charge in [-0.25, -0.2) is 9.67 Å². The van der Waals surface area contributed by atoms with Crippen molar-refractivity contribution in [2.75, 3.05) is 7.05 Å². The van der Waals surface area contributed by atoms with Gasteiger partial charge in [-0.3, -0.25) is 9.59 Å². The number of aryl methyl sites for hydroxylation is 1. The van der Waals surface area contributed by atoms with E-state index in [4.69, 9.17) is 0 Å². The zero-order valence-corrected chi connectivity index (χ0v) is 13.9. The van der Waals surface area contributed by atoms with E-state index in [2.05, 4.69) is 10.1 Å². The van der Waals surface area contributed by atoms with Gasteiger partial charge in [-0.2, -0.15) is 5.10 Å². The Morgan fingerprint density at radius 2 is 2.00 bits per heavy atom. The highest BCUT2D eigenvalue weighted by molar-refractivity contribution is 7.18. The molecule has 0 N–H and O–H groups in total. The van der Waals surface area contributed by atoms with E-state index in [1.165, 1.54) is 19.2 Å². The zero-order valence-electron chi connectivity index (χ0n) is 13.1. The minimum Gasteiger partial charge on any atom is -0.331 e. The van der Waals surface area contributed by atoms with Crippen molar-refractivity contribution in [2.45, 2.75) is 13.0 Å². The van der Waals surface area contributed by atoms with E-state index in [0.717, 1.165) is 19.9 Å². The molecule has 1 aromatic carbocycles. The van der Waals surface area contributed by atoms with Crippen LogP contribution < -0.4 is 5.56 Å². The van der Waals surface area contributed by atoms with E-state index in [1.807, 2.05) is 31.2 Å². The molecule has 2 aromatic heterocycles. The van der Waals surface area contributed by atoms with E-state index < -0.39 is 0 Å². The van der Waals surface area contributed by atoms with Crippen LogP contribution in [0.2, 0.25) is 0 Å². The molecule has 0 aliphatic rings. The molecule has 2 heterocycles. The third kappa shape index (κ3) is 2.87. The molecular formula is C16H16N4O2S. The summed E-state index contributed by atoms with van der Waals surface area (Å²) in [6.45, 7) is 1.93. The highest BCUT2D eigenvalue weighted by atomic mass is 32.1. The van der Waals surface area contributed by atoms with Gasteiger partial charge < -0.3 is 4.90 Å². The summed E-state index contributed by atoms with van der Waals surface area (Å²) in [6, 6.07) is 10.5. The topological polar surface area (TPSA) is 68.1 Å². The number of carbonyl (C=O) groups excluding carboxylic acids is 1. The number of fused-ring (bicyclic) bond motifs is 1. The summed E-state index contributed by atoms with van der Waals surface area (Å²) in [5.74, 6) is -0.243. The van der Waals surface area contributed by atoms with Gasteiger partial charge in [0.25, 0.3) is 11.5 Å². The Hall–Kier alpha value is -2.54. The second kappa shape index (κ2) is 5.92. The van der Waals surface area contributed by atoms with Crippen molar-refractivity contribution in [1.82, 2.24) is 19.7 Å². The molecule has 0 bridgehead atoms. The van der Waals surface area contributed by atoms with Crippen LogP contribution in [0, 0.1) is 0 Å². The van der Waals surface area contributed by atoms with Gasteiger partial charge in [0.1, 0.15) is 10.7 Å². The van der Waals surface area contributed by atoms with Crippen LogP contribution in [0.5, 0.6) is 0 Å². The third-order valence-electron chi connectivity index (χ3n) is 3.75. The van der Waals surface area contributed by atoms with E-state index in [-0.39, 0.29) is 23.2 Å². The molecule has 6 nitrogen and oxygen atoms in total. The van der Waals surface area contributed by atoms with Gasteiger partial charge in [0.2, 0.25) is 0 Å². The van der Waals surface area contributed by atoms with Crippen molar-refractivity contribution in [3.8, 4) is 0 Å². The maximum Gasteiger partial charge on any atom is 0.274 e. The average Bonchev–Trinajstić information content (AvgIpc) is 2.99. The fourth-order valence-corrected chi connectivity index (χ4v) is 3.27. The number of carbonyl (C=O) groups is 1. The zero-order chi connectivity index (χ0) is 16.6. The van der Waals surface area contributed by atoms with Crippen molar-refractivity contribution in [1.29, 1.82) is 0 Å². The van der Waals surface area contributed by atoms with Crippen LogP contribution in [0.25, 0.3) is 10.2 Å². The minimum absolute atomic E-state index is 0.182. The summed E-state index contributed by atoms with van der Waals surface area (Å²) >= 11 is 1.57. The van der Waals surface area contributed by atoms with E-state index >= 15 is 0 Å². The molecule has 7 heteroatoms. The summed E-state index contributed by atoms with van der Waals surface area (Å²) in [4.78, 5) is 30.1. The molecule has 0 radical (unpaired) electrons. The molecule has 0 fully saturated rings. The van der Waals surface area contributed by atoms with Gasteiger partial charge >= 0.3 is 0 Å². The fraction of sp³-hybridized carbons (Fsp3) is 0.250. The van der Waals surface area contributed by atoms with Gasteiger partial charge in [-0.15, -0.1) is 11.3 Å². The van der Waals surface area contributed by atoms with Crippen molar-refractivity contribution in [3.05, 3.63) is 57.5 Å². The Morgan fingerprint density at radius 3 is 2.70 bits per heavy atom. The van der Waals surface area contributed by atoms with Crippen LogP contribution in [0.4, 0.5) is 0 Å². The molecular weight excluding hydrogens is 312 g/mol. The highest BCUT2D eigenvalue weighted by Crippen LogP contribution is 2.29. The van der Waals surface area contributed by atoms with Crippen LogP contribution in [0.15, 0.2) is 41.2 Å². The highest BCUT2D eigenvalue weighted by Gasteiger charge is 2.23. The molecule has 0 aliphatic carbocycles. The van der Waals surface area contributed by atoms with Crippen molar-refractivity contribution in [3.63, 3.8) is 0 Å². The van der Waals surface area contributed by atoms with Crippen LogP contribution >= 0.6 is 11.3 Å². The van der Waals surface area contributed by atoms with E-state index in [0.29, 0.717) is 0 Å². The number of para-hydroxylation sites is 1. The first-order valence-electron chi connectivity index (χ1n) is 7.14. The maximum atomic E-state index is 12.6. The lowest BCUT2D eigenvalue weighted by atomic mass is 10.2. The lowest BCUT2D eigenvalue weighted by molar-refractivity contribution is 0.0734. The van der Waals surface area contributed by atoms with E-state index in [1.54, 1.807) is 23.3 Å². The Balaban J connectivity index is 1.88. The smallest absolute Gasteiger partial charge is 0.274 e. The van der Waals surface area contributed by atoms with Gasteiger partial charge in [-0.05, 0) is 25.1 Å². The standard InChI is InChI=1S/C16H16N4O2S/c1-10(15-17-11-6-4-5-7-13(11)23-15)19(2)16(22)12-8-9-14(21)20(3)18-12/h4-10H,1-3H3. The molecule has 118 valence electrons. The first kappa shape index (κ1) is 15.4. The Morgan fingerprint density at radius 1 is 1.26 bits per heavy atom. The molecule has 1 unspecified atom stereocenters. The quantitative estimate of drug-likeness (QED) is 0.739. The number of hydrogen-bond donors (Lipinski definition) is 0. The molecule has 1 amide bonds. The monoisotopic (exact) mass is 328 g/mol. The predicted octanol–water partition coefficient (Wildman–Crippen LogP) is 2.22. The molecule has 0 spiro atoms. The number of aromatic nitrogens is 3. The Labute approximate surface area is 137 Å². The summed E-state index contributed by atoms with van der Waals surface area (Å²) in [6.07, 6.45) is 0. The number of rotatable bonds is 3. The normalized spacial score (nSPS) is 12.3. The first-order chi connectivity index (χ1) is 11.0. The fourth-order valence-electron chi connectivity index (χ4n) is 2.21. The second-order valence-corrected chi connectivity index (χ2v) is 6.35. The van der Waals surface area contributed by atoms with Gasteiger partial charge in [0.15, 0.2) is 0 Å². The minimum atomic E-state index is -0.247. The Kier molecular flexibility index (Phi) is 3.96. The average molecular weight is 328 g/mol. The number of thiazole rings is 1. The SMILES string of the molecule is CC(c1nc2ccccc2s1)N(C)C(=O)c1ccc(=O)n(C)n1. The lowest BCUT2D eigenvalue weighted by Crippen LogP contribution is -2.32. The predicted molar refractivity (Wildman–Crippen MR) is 89.6 cm³/mol. The largest absolute Gasteiger partial charge is 0.331 e.